The number of nitrogens with zero attached hydrogens (tertiary/aromatic N) is 2. The molecule has 0 aromatic heterocycles. The van der Waals surface area contributed by atoms with Gasteiger partial charge in [-0.3, -0.25) is 0 Å². The number of likely N-dealkylation sites (tertiary alicyclic amines) is 1. The van der Waals surface area contributed by atoms with E-state index in [1.807, 2.05) is 0 Å². The molecule has 1 saturated heterocycles. The first kappa shape index (κ1) is 14.8. The lowest BCUT2D eigenvalue weighted by Gasteiger charge is -2.52. The third-order valence-corrected chi connectivity index (χ3v) is 5.83. The maximum Gasteiger partial charge on any atom is 0.0861 e. The molecule has 1 N–H and O–H groups in total. The van der Waals surface area contributed by atoms with Crippen LogP contribution in [0, 0.1) is 22.2 Å². The molecule has 0 amide bonds. The molecule has 108 valence electrons. The highest BCUT2D eigenvalue weighted by Gasteiger charge is 2.55. The van der Waals surface area contributed by atoms with Gasteiger partial charge in [-0.25, -0.2) is 0 Å². The van der Waals surface area contributed by atoms with Gasteiger partial charge in [-0.15, -0.1) is 0 Å². The molecule has 0 aromatic carbocycles. The predicted molar refractivity (Wildman–Crippen MR) is 76.6 cm³/mol. The predicted octanol–water partition coefficient (Wildman–Crippen LogP) is 2.94. The molecule has 1 saturated carbocycles. The first-order valence-corrected chi connectivity index (χ1v) is 7.58. The molecule has 0 spiro atoms. The van der Waals surface area contributed by atoms with E-state index in [9.17, 15) is 10.4 Å². The van der Waals surface area contributed by atoms with Gasteiger partial charge in [0.1, 0.15) is 0 Å². The Bertz CT molecular complexity index is 375. The fraction of sp³-hybridized carbons (Fsp3) is 0.938. The number of piperidine rings is 1. The van der Waals surface area contributed by atoms with Crippen LogP contribution in [0.1, 0.15) is 59.3 Å². The Morgan fingerprint density at radius 3 is 2.21 bits per heavy atom. The second-order valence-corrected chi connectivity index (χ2v) is 7.67. The van der Waals surface area contributed by atoms with Gasteiger partial charge in [0, 0.05) is 12.6 Å². The first-order chi connectivity index (χ1) is 8.74. The van der Waals surface area contributed by atoms with E-state index in [-0.39, 0.29) is 0 Å². The average molecular weight is 264 g/mol. The zero-order chi connectivity index (χ0) is 14.3. The van der Waals surface area contributed by atoms with Gasteiger partial charge in [-0.2, -0.15) is 5.26 Å². The standard InChI is InChI=1S/C16H28N2O/c1-13-11-16(19,9-10-18(13)4)15(12-17)7-5-14(2,3)6-8-15/h13,19H,5-11H2,1-4H3. The van der Waals surface area contributed by atoms with Crippen LogP contribution < -0.4 is 0 Å². The second-order valence-electron chi connectivity index (χ2n) is 7.67. The highest BCUT2D eigenvalue weighted by molar-refractivity contribution is 5.15. The molecule has 2 fully saturated rings. The molecule has 3 nitrogen and oxygen atoms in total. The van der Waals surface area contributed by atoms with Crippen LogP contribution in [0.4, 0.5) is 0 Å². The van der Waals surface area contributed by atoms with Crippen molar-refractivity contribution in [1.82, 2.24) is 4.90 Å². The minimum absolute atomic E-state index is 0.327. The Balaban J connectivity index is 2.20. The molecule has 0 aromatic rings. The summed E-state index contributed by atoms with van der Waals surface area (Å²) in [4.78, 5) is 2.28. The Morgan fingerprint density at radius 2 is 1.74 bits per heavy atom. The third-order valence-electron chi connectivity index (χ3n) is 5.83. The zero-order valence-corrected chi connectivity index (χ0v) is 12.9. The molecule has 1 aliphatic carbocycles. The molecule has 0 bridgehead atoms. The van der Waals surface area contributed by atoms with Crippen LogP contribution in [-0.2, 0) is 0 Å². The Kier molecular flexibility index (Phi) is 3.70. The first-order valence-electron chi connectivity index (χ1n) is 7.58. The van der Waals surface area contributed by atoms with E-state index in [0.29, 0.717) is 11.5 Å². The molecule has 0 radical (unpaired) electrons. The van der Waals surface area contributed by atoms with Gasteiger partial charge in [0.05, 0.1) is 17.1 Å². The number of hydrogen-bond acceptors (Lipinski definition) is 3. The van der Waals surface area contributed by atoms with Crippen LogP contribution in [0.3, 0.4) is 0 Å². The summed E-state index contributed by atoms with van der Waals surface area (Å²) in [5.41, 5.74) is -0.976. The van der Waals surface area contributed by atoms with Gasteiger partial charge in [0.2, 0.25) is 0 Å². The third kappa shape index (κ3) is 2.53. The highest BCUT2D eigenvalue weighted by Crippen LogP contribution is 2.53. The van der Waals surface area contributed by atoms with Crippen molar-refractivity contribution in [1.29, 1.82) is 5.26 Å². The molecule has 19 heavy (non-hydrogen) atoms. The summed E-state index contributed by atoms with van der Waals surface area (Å²) in [6, 6.07) is 2.89. The summed E-state index contributed by atoms with van der Waals surface area (Å²) in [7, 11) is 2.10. The monoisotopic (exact) mass is 264 g/mol. The van der Waals surface area contributed by atoms with Gasteiger partial charge in [0.15, 0.2) is 0 Å². The van der Waals surface area contributed by atoms with Gasteiger partial charge in [-0.05, 0) is 57.9 Å². The maximum atomic E-state index is 11.2. The normalized spacial score (nSPS) is 38.6. The Labute approximate surface area is 117 Å². The minimum Gasteiger partial charge on any atom is -0.388 e. The summed E-state index contributed by atoms with van der Waals surface area (Å²) in [5, 5.41) is 20.9. The summed E-state index contributed by atoms with van der Waals surface area (Å²) < 4.78 is 0. The van der Waals surface area contributed by atoms with E-state index in [1.54, 1.807) is 0 Å². The van der Waals surface area contributed by atoms with Crippen molar-refractivity contribution in [3.8, 4) is 6.07 Å². The van der Waals surface area contributed by atoms with Gasteiger partial charge >= 0.3 is 0 Å². The topological polar surface area (TPSA) is 47.3 Å². The van der Waals surface area contributed by atoms with Crippen LogP contribution >= 0.6 is 0 Å². The Morgan fingerprint density at radius 1 is 1.16 bits per heavy atom. The molecule has 2 rings (SSSR count). The van der Waals surface area contributed by atoms with Gasteiger partial charge < -0.3 is 10.0 Å². The van der Waals surface area contributed by atoms with Crippen molar-refractivity contribution in [2.75, 3.05) is 13.6 Å². The average Bonchev–Trinajstić information content (AvgIpc) is 2.35. The van der Waals surface area contributed by atoms with Crippen molar-refractivity contribution >= 4 is 0 Å². The molecule has 1 aliphatic heterocycles. The van der Waals surface area contributed by atoms with Crippen molar-refractivity contribution in [2.45, 2.75) is 70.9 Å². The van der Waals surface area contributed by atoms with Crippen LogP contribution in [0.5, 0.6) is 0 Å². The smallest absolute Gasteiger partial charge is 0.0861 e. The summed E-state index contributed by atoms with van der Waals surface area (Å²) >= 11 is 0. The van der Waals surface area contributed by atoms with Crippen LogP contribution in [0.25, 0.3) is 0 Å². The summed E-state index contributed by atoms with van der Waals surface area (Å²) in [6.45, 7) is 7.59. The highest BCUT2D eigenvalue weighted by atomic mass is 16.3. The maximum absolute atomic E-state index is 11.2. The second kappa shape index (κ2) is 4.75. The van der Waals surface area contributed by atoms with Crippen LogP contribution in [0.15, 0.2) is 0 Å². The van der Waals surface area contributed by atoms with Gasteiger partial charge in [0.25, 0.3) is 0 Å². The van der Waals surface area contributed by atoms with Crippen molar-refractivity contribution in [3.05, 3.63) is 0 Å². The Hall–Kier alpha value is -0.590. The van der Waals surface area contributed by atoms with E-state index >= 15 is 0 Å². The molecule has 3 heteroatoms. The quantitative estimate of drug-likeness (QED) is 0.792. The fourth-order valence-corrected chi connectivity index (χ4v) is 3.80. The van der Waals surface area contributed by atoms with Crippen molar-refractivity contribution in [3.63, 3.8) is 0 Å². The molecule has 1 heterocycles. The molecule has 2 atom stereocenters. The van der Waals surface area contributed by atoms with E-state index in [4.69, 9.17) is 0 Å². The van der Waals surface area contributed by atoms with Crippen molar-refractivity contribution < 1.29 is 5.11 Å². The number of hydrogen-bond donors (Lipinski definition) is 1. The SMILES string of the molecule is CC1CC(O)(C2(C#N)CCC(C)(C)CC2)CCN1C. The largest absolute Gasteiger partial charge is 0.388 e. The molecule has 2 unspecified atom stereocenters. The molecular weight excluding hydrogens is 236 g/mol. The summed E-state index contributed by atoms with van der Waals surface area (Å²) in [6.07, 6.45) is 5.27. The number of rotatable bonds is 1. The van der Waals surface area contributed by atoms with E-state index in [2.05, 4.69) is 38.8 Å². The van der Waals surface area contributed by atoms with Crippen LogP contribution in [-0.4, -0.2) is 35.2 Å². The molecular formula is C16H28N2O. The van der Waals surface area contributed by atoms with Crippen LogP contribution in [0.2, 0.25) is 0 Å². The van der Waals surface area contributed by atoms with Crippen molar-refractivity contribution in [2.24, 2.45) is 10.8 Å². The molecule has 2 aliphatic rings. The lowest BCUT2D eigenvalue weighted by atomic mass is 9.56. The van der Waals surface area contributed by atoms with Gasteiger partial charge in [-0.1, -0.05) is 13.8 Å². The van der Waals surface area contributed by atoms with E-state index < -0.39 is 11.0 Å². The minimum atomic E-state index is -0.788. The number of aliphatic hydroxyl groups is 1. The number of nitriles is 1. The lowest BCUT2D eigenvalue weighted by molar-refractivity contribution is -0.128. The zero-order valence-electron chi connectivity index (χ0n) is 12.9. The lowest BCUT2D eigenvalue weighted by Crippen LogP contribution is -2.57. The van der Waals surface area contributed by atoms with E-state index in [0.717, 1.165) is 45.1 Å². The fourth-order valence-electron chi connectivity index (χ4n) is 3.80. The summed E-state index contributed by atoms with van der Waals surface area (Å²) in [5.74, 6) is 0. The van der Waals surface area contributed by atoms with E-state index in [1.165, 1.54) is 0 Å².